The minimum atomic E-state index is -1.69. The molecule has 0 atom stereocenters. The molecule has 1 aromatic heterocycles. The molecular formula is C23H20ClNSi. The van der Waals surface area contributed by atoms with Crippen LogP contribution in [0.3, 0.4) is 0 Å². The van der Waals surface area contributed by atoms with Gasteiger partial charge in [0, 0.05) is 27.0 Å². The highest BCUT2D eigenvalue weighted by molar-refractivity contribution is 6.90. The van der Waals surface area contributed by atoms with Crippen molar-refractivity contribution >= 4 is 35.9 Å². The van der Waals surface area contributed by atoms with E-state index >= 15 is 0 Å². The fourth-order valence-electron chi connectivity index (χ4n) is 4.51. The second-order valence-corrected chi connectivity index (χ2v) is 12.8. The topological polar surface area (TPSA) is 4.93 Å². The van der Waals surface area contributed by atoms with Crippen molar-refractivity contribution in [3.8, 4) is 16.8 Å². The lowest BCUT2D eigenvalue weighted by molar-refractivity contribution is 1.14. The molecule has 26 heavy (non-hydrogen) atoms. The quantitative estimate of drug-likeness (QED) is 0.363. The molecule has 128 valence electrons. The zero-order valence-electron chi connectivity index (χ0n) is 15.0. The SMILES string of the molecule is C[Si]1(C)Cc2cc(Cl)ccc2-c2c1n(-c1ccccc1)c1ccccc21. The molecule has 0 amide bonds. The van der Waals surface area contributed by atoms with Gasteiger partial charge in [0.25, 0.3) is 0 Å². The molecule has 5 rings (SSSR count). The fourth-order valence-corrected chi connectivity index (χ4v) is 7.92. The minimum Gasteiger partial charge on any atom is -0.317 e. The number of nitrogens with zero attached hydrogens (tertiary/aromatic N) is 1. The van der Waals surface area contributed by atoms with Gasteiger partial charge in [0.1, 0.15) is 8.07 Å². The van der Waals surface area contributed by atoms with Crippen molar-refractivity contribution in [1.82, 2.24) is 4.57 Å². The first-order chi connectivity index (χ1) is 12.6. The summed E-state index contributed by atoms with van der Waals surface area (Å²) in [5.74, 6) is 0. The van der Waals surface area contributed by atoms with Crippen molar-refractivity contribution in [3.05, 3.63) is 83.4 Å². The van der Waals surface area contributed by atoms with Crippen LogP contribution in [0.25, 0.3) is 27.7 Å². The first-order valence-corrected chi connectivity index (χ1v) is 12.6. The predicted octanol–water partition coefficient (Wildman–Crippen LogP) is 5.96. The van der Waals surface area contributed by atoms with Gasteiger partial charge in [-0.05, 0) is 47.5 Å². The van der Waals surface area contributed by atoms with Crippen molar-refractivity contribution in [3.63, 3.8) is 0 Å². The van der Waals surface area contributed by atoms with Crippen LogP contribution in [-0.4, -0.2) is 12.6 Å². The summed E-state index contributed by atoms with van der Waals surface area (Å²) < 4.78 is 2.51. The number of hydrogen-bond donors (Lipinski definition) is 0. The second-order valence-electron chi connectivity index (χ2n) is 7.77. The molecule has 3 heteroatoms. The molecule has 0 saturated carbocycles. The molecule has 1 nitrogen and oxygen atoms in total. The summed E-state index contributed by atoms with van der Waals surface area (Å²) in [6.07, 6.45) is 0. The third-order valence-electron chi connectivity index (χ3n) is 5.50. The standard InChI is InChI=1S/C23H20ClNSi/c1-26(2)15-16-14-17(24)12-13-19(16)22-20-10-6-7-11-21(20)25(23(22)26)18-8-4-3-5-9-18/h3-14H,15H2,1-2H3. The van der Waals surface area contributed by atoms with Gasteiger partial charge in [-0.2, -0.15) is 0 Å². The molecular weight excluding hydrogens is 354 g/mol. The number of fused-ring (bicyclic) bond motifs is 5. The summed E-state index contributed by atoms with van der Waals surface area (Å²) in [5, 5.41) is 3.71. The summed E-state index contributed by atoms with van der Waals surface area (Å²) >= 11 is 6.33. The number of aromatic nitrogens is 1. The zero-order valence-corrected chi connectivity index (χ0v) is 16.7. The number of rotatable bonds is 1. The van der Waals surface area contributed by atoms with Crippen molar-refractivity contribution in [2.75, 3.05) is 0 Å². The van der Waals surface area contributed by atoms with Crippen molar-refractivity contribution < 1.29 is 0 Å². The van der Waals surface area contributed by atoms with Crippen LogP contribution in [0.4, 0.5) is 0 Å². The number of hydrogen-bond acceptors (Lipinski definition) is 0. The van der Waals surface area contributed by atoms with E-state index in [-0.39, 0.29) is 0 Å². The molecule has 1 aliphatic rings. The van der Waals surface area contributed by atoms with Gasteiger partial charge in [0.2, 0.25) is 0 Å². The van der Waals surface area contributed by atoms with Crippen LogP contribution in [0, 0.1) is 0 Å². The smallest absolute Gasteiger partial charge is 0.107 e. The maximum absolute atomic E-state index is 6.33. The van der Waals surface area contributed by atoms with Crippen LogP contribution in [0.5, 0.6) is 0 Å². The number of para-hydroxylation sites is 2. The van der Waals surface area contributed by atoms with Gasteiger partial charge < -0.3 is 4.57 Å². The monoisotopic (exact) mass is 373 g/mol. The predicted molar refractivity (Wildman–Crippen MR) is 115 cm³/mol. The van der Waals surface area contributed by atoms with Gasteiger partial charge in [-0.1, -0.05) is 67.2 Å². The maximum Gasteiger partial charge on any atom is 0.107 e. The highest BCUT2D eigenvalue weighted by Gasteiger charge is 2.38. The Morgan fingerprint density at radius 1 is 0.885 bits per heavy atom. The molecule has 0 saturated heterocycles. The molecule has 2 heterocycles. The second kappa shape index (κ2) is 5.60. The van der Waals surface area contributed by atoms with E-state index in [1.807, 2.05) is 6.07 Å². The number of benzene rings is 3. The van der Waals surface area contributed by atoms with E-state index in [0.717, 1.165) is 11.1 Å². The van der Waals surface area contributed by atoms with Gasteiger partial charge in [-0.15, -0.1) is 0 Å². The molecule has 0 unspecified atom stereocenters. The van der Waals surface area contributed by atoms with Gasteiger partial charge in [0.05, 0.1) is 5.52 Å². The van der Waals surface area contributed by atoms with Crippen LogP contribution in [0.2, 0.25) is 18.1 Å². The number of halogens is 1. The fraction of sp³-hybridized carbons (Fsp3) is 0.130. The largest absolute Gasteiger partial charge is 0.317 e. The molecule has 4 aromatic rings. The lowest BCUT2D eigenvalue weighted by Crippen LogP contribution is -2.50. The Hall–Kier alpha value is -2.29. The van der Waals surface area contributed by atoms with Crippen molar-refractivity contribution in [2.45, 2.75) is 19.1 Å². The Labute approximate surface area is 159 Å². The van der Waals surface area contributed by atoms with E-state index < -0.39 is 8.07 Å². The molecule has 0 spiro atoms. The normalized spacial score (nSPS) is 14.9. The van der Waals surface area contributed by atoms with Gasteiger partial charge >= 0.3 is 0 Å². The third-order valence-corrected chi connectivity index (χ3v) is 8.75. The van der Waals surface area contributed by atoms with Gasteiger partial charge in [-0.3, -0.25) is 0 Å². The summed E-state index contributed by atoms with van der Waals surface area (Å²) in [5.41, 5.74) is 6.72. The van der Waals surface area contributed by atoms with Crippen molar-refractivity contribution in [2.24, 2.45) is 0 Å². The van der Waals surface area contributed by atoms with E-state index in [1.54, 1.807) is 0 Å². The Bertz CT molecular complexity index is 1140. The van der Waals surface area contributed by atoms with E-state index in [2.05, 4.69) is 84.4 Å². The molecule has 0 aliphatic carbocycles. The molecule has 3 aromatic carbocycles. The summed E-state index contributed by atoms with van der Waals surface area (Å²) in [4.78, 5) is 0. The first kappa shape index (κ1) is 15.9. The summed E-state index contributed by atoms with van der Waals surface area (Å²) in [6.45, 7) is 4.96. The molecule has 0 bridgehead atoms. The van der Waals surface area contributed by atoms with Crippen LogP contribution in [-0.2, 0) is 6.04 Å². The average molecular weight is 374 g/mol. The van der Waals surface area contributed by atoms with E-state index in [9.17, 15) is 0 Å². The maximum atomic E-state index is 6.33. The average Bonchev–Trinajstić information content (AvgIpc) is 2.98. The Kier molecular flexibility index (Phi) is 3.43. The molecule has 0 fully saturated rings. The van der Waals surface area contributed by atoms with Crippen molar-refractivity contribution in [1.29, 1.82) is 0 Å². The van der Waals surface area contributed by atoms with Crippen LogP contribution < -0.4 is 5.32 Å². The molecule has 0 radical (unpaired) electrons. The highest BCUT2D eigenvalue weighted by atomic mass is 35.5. The lowest BCUT2D eigenvalue weighted by Gasteiger charge is -2.32. The Balaban J connectivity index is 1.97. The Morgan fingerprint density at radius 3 is 2.42 bits per heavy atom. The van der Waals surface area contributed by atoms with E-state index in [4.69, 9.17) is 11.6 Å². The van der Waals surface area contributed by atoms with Gasteiger partial charge in [0.15, 0.2) is 0 Å². The summed E-state index contributed by atoms with van der Waals surface area (Å²) in [7, 11) is -1.69. The van der Waals surface area contributed by atoms with Crippen LogP contribution in [0.1, 0.15) is 5.56 Å². The minimum absolute atomic E-state index is 0.837. The van der Waals surface area contributed by atoms with Crippen LogP contribution in [0.15, 0.2) is 72.8 Å². The summed E-state index contributed by atoms with van der Waals surface area (Å²) in [6, 6.07) is 27.1. The lowest BCUT2D eigenvalue weighted by atomic mass is 9.99. The van der Waals surface area contributed by atoms with E-state index in [0.29, 0.717) is 0 Å². The highest BCUT2D eigenvalue weighted by Crippen LogP contribution is 2.40. The van der Waals surface area contributed by atoms with Crippen LogP contribution >= 0.6 is 11.6 Å². The zero-order chi connectivity index (χ0) is 17.9. The molecule has 1 aliphatic heterocycles. The third kappa shape index (κ3) is 2.22. The first-order valence-electron chi connectivity index (χ1n) is 9.04. The Morgan fingerprint density at radius 2 is 1.62 bits per heavy atom. The van der Waals surface area contributed by atoms with Gasteiger partial charge in [-0.25, -0.2) is 0 Å². The molecule has 0 N–H and O–H groups in total. The van der Waals surface area contributed by atoms with E-state index in [1.165, 1.54) is 38.6 Å².